The maximum Gasteiger partial charge on any atom is 0.434 e. The summed E-state index contributed by atoms with van der Waals surface area (Å²) in [4.78, 5) is 8.50. The quantitative estimate of drug-likeness (QED) is 0.461. The Balaban J connectivity index is 1.90. The smallest absolute Gasteiger partial charge is 0.397 e. The Kier molecular flexibility index (Phi) is 5.36. The molecule has 0 bridgehead atoms. The molecule has 0 saturated carbocycles. The van der Waals surface area contributed by atoms with Crippen LogP contribution >= 0.6 is 0 Å². The zero-order valence-corrected chi connectivity index (χ0v) is 15.0. The van der Waals surface area contributed by atoms with Gasteiger partial charge < -0.3 is 15.7 Å². The third kappa shape index (κ3) is 4.15. The van der Waals surface area contributed by atoms with Gasteiger partial charge in [0.2, 0.25) is 0 Å². The second-order valence-corrected chi connectivity index (χ2v) is 6.22. The molecule has 0 radical (unpaired) electrons. The van der Waals surface area contributed by atoms with Gasteiger partial charge in [0.15, 0.2) is 5.70 Å². The topological polar surface area (TPSA) is 94.8 Å². The summed E-state index contributed by atoms with van der Waals surface area (Å²) in [6.07, 6.45) is 0.113. The van der Waals surface area contributed by atoms with Crippen LogP contribution in [0.25, 0.3) is 17.1 Å². The predicted molar refractivity (Wildman–Crippen MR) is 100 cm³/mol. The van der Waals surface area contributed by atoms with E-state index in [0.29, 0.717) is 17.9 Å². The molecule has 0 fully saturated rings. The molecule has 0 aliphatic heterocycles. The number of hydrogen-bond donors (Lipinski definition) is 3. The van der Waals surface area contributed by atoms with Crippen LogP contribution in [0.1, 0.15) is 16.7 Å². The molecule has 2 aromatic heterocycles. The summed E-state index contributed by atoms with van der Waals surface area (Å²) >= 11 is 0. The average Bonchev–Trinajstić information content (AvgIpc) is 3.12. The second kappa shape index (κ2) is 7.73. The molecule has 9 heteroatoms. The van der Waals surface area contributed by atoms with Crippen LogP contribution in [-0.4, -0.2) is 20.7 Å². The van der Waals surface area contributed by atoms with Crippen molar-refractivity contribution in [1.29, 1.82) is 0 Å². The predicted octanol–water partition coefficient (Wildman–Crippen LogP) is 2.95. The summed E-state index contributed by atoms with van der Waals surface area (Å²) in [5.41, 5.74) is 8.94. The van der Waals surface area contributed by atoms with Crippen LogP contribution in [-0.2, 0) is 6.54 Å². The number of benzene rings is 1. The van der Waals surface area contributed by atoms with Gasteiger partial charge >= 0.3 is 6.18 Å². The van der Waals surface area contributed by atoms with E-state index in [-0.39, 0.29) is 5.56 Å². The molecule has 6 nitrogen and oxygen atoms in total. The van der Waals surface area contributed by atoms with Gasteiger partial charge in [0.05, 0.1) is 17.7 Å². The van der Waals surface area contributed by atoms with Gasteiger partial charge in [-0.2, -0.15) is 13.2 Å². The molecule has 2 heterocycles. The lowest BCUT2D eigenvalue weighted by molar-refractivity contribution is -0.0961. The Hall–Kier alpha value is -3.33. The number of aromatic nitrogens is 3. The van der Waals surface area contributed by atoms with Crippen LogP contribution in [0, 0.1) is 6.92 Å². The molecule has 5 N–H and O–H groups in total. The van der Waals surface area contributed by atoms with Crippen molar-refractivity contribution in [2.75, 3.05) is 0 Å². The lowest BCUT2D eigenvalue weighted by Crippen LogP contribution is -2.34. The molecule has 28 heavy (non-hydrogen) atoms. The van der Waals surface area contributed by atoms with Crippen molar-refractivity contribution < 1.29 is 13.2 Å². The van der Waals surface area contributed by atoms with E-state index in [2.05, 4.69) is 9.97 Å². The van der Waals surface area contributed by atoms with Gasteiger partial charge in [-0.15, -0.1) is 0 Å². The van der Waals surface area contributed by atoms with Crippen molar-refractivity contribution >= 4 is 5.70 Å². The minimum Gasteiger partial charge on any atom is -0.397 e. The summed E-state index contributed by atoms with van der Waals surface area (Å²) in [6, 6.07) is 10.8. The minimum atomic E-state index is -4.70. The molecule has 0 aliphatic carbocycles. The van der Waals surface area contributed by atoms with Crippen LogP contribution in [0.4, 0.5) is 13.2 Å². The SMILES string of the molecule is Cc1ccccc1Cn1cnc(-c2cc(/C(N)=C(/NN)C(F)(F)F)ccn2)c1. The molecule has 0 spiro atoms. The first-order valence-electron chi connectivity index (χ1n) is 8.36. The van der Waals surface area contributed by atoms with Crippen LogP contribution in [0.15, 0.2) is 60.8 Å². The Morgan fingerprint density at radius 2 is 1.89 bits per heavy atom. The van der Waals surface area contributed by atoms with Crippen LogP contribution in [0.2, 0.25) is 0 Å². The molecule has 146 valence electrons. The molecular formula is C19H19F3N6. The van der Waals surface area contributed by atoms with E-state index in [9.17, 15) is 13.2 Å². The van der Waals surface area contributed by atoms with Crippen molar-refractivity contribution in [3.63, 3.8) is 0 Å². The van der Waals surface area contributed by atoms with Crippen molar-refractivity contribution in [1.82, 2.24) is 20.0 Å². The van der Waals surface area contributed by atoms with Gasteiger partial charge in [0, 0.05) is 24.5 Å². The third-order valence-corrected chi connectivity index (χ3v) is 4.28. The fourth-order valence-electron chi connectivity index (χ4n) is 2.76. The van der Waals surface area contributed by atoms with Gasteiger partial charge in [0.25, 0.3) is 0 Å². The highest BCUT2D eigenvalue weighted by molar-refractivity contribution is 5.69. The fraction of sp³-hybridized carbons (Fsp3) is 0.158. The average molecular weight is 388 g/mol. The number of alkyl halides is 3. The van der Waals surface area contributed by atoms with E-state index in [4.69, 9.17) is 11.6 Å². The number of hydrogen-bond acceptors (Lipinski definition) is 5. The maximum absolute atomic E-state index is 13.0. The summed E-state index contributed by atoms with van der Waals surface area (Å²) < 4.78 is 40.9. The lowest BCUT2D eigenvalue weighted by atomic mass is 10.1. The Morgan fingerprint density at radius 1 is 1.14 bits per heavy atom. The Morgan fingerprint density at radius 3 is 2.57 bits per heavy atom. The third-order valence-electron chi connectivity index (χ3n) is 4.28. The summed E-state index contributed by atoms with van der Waals surface area (Å²) in [5, 5.41) is 0. The van der Waals surface area contributed by atoms with Crippen molar-refractivity contribution in [3.05, 3.63) is 77.5 Å². The van der Waals surface area contributed by atoms with Crippen LogP contribution < -0.4 is 17.0 Å². The number of pyridine rings is 1. The first-order chi connectivity index (χ1) is 13.3. The standard InChI is InChI=1S/C19H19F3N6/c1-12-4-2-3-5-14(12)9-28-10-16(26-11-28)15-8-13(6-7-25-15)17(23)18(27-24)19(20,21)22/h2-8,10-11,27H,9,23-24H2,1H3/b18-17-. The normalized spacial score (nSPS) is 12.6. The lowest BCUT2D eigenvalue weighted by Gasteiger charge is -2.14. The van der Waals surface area contributed by atoms with Gasteiger partial charge in [-0.1, -0.05) is 24.3 Å². The monoisotopic (exact) mass is 388 g/mol. The number of allylic oxidation sites excluding steroid dienone is 1. The van der Waals surface area contributed by atoms with Gasteiger partial charge in [0.1, 0.15) is 5.69 Å². The molecule has 0 unspecified atom stereocenters. The molecule has 3 aromatic rings. The number of nitrogens with zero attached hydrogens (tertiary/aromatic N) is 3. The highest BCUT2D eigenvalue weighted by Gasteiger charge is 2.36. The summed E-state index contributed by atoms with van der Waals surface area (Å²) in [6.45, 7) is 2.65. The zero-order valence-electron chi connectivity index (χ0n) is 15.0. The number of hydrazine groups is 1. The van der Waals surface area contributed by atoms with Gasteiger partial charge in [-0.25, -0.2) is 4.98 Å². The van der Waals surface area contributed by atoms with Crippen LogP contribution in [0.3, 0.4) is 0 Å². The Labute approximate surface area is 159 Å². The zero-order chi connectivity index (χ0) is 20.3. The van der Waals surface area contributed by atoms with Gasteiger partial charge in [-0.3, -0.25) is 10.8 Å². The number of nitrogens with two attached hydrogens (primary N) is 2. The van der Waals surface area contributed by atoms with E-state index in [1.165, 1.54) is 18.3 Å². The molecular weight excluding hydrogens is 369 g/mol. The summed E-state index contributed by atoms with van der Waals surface area (Å²) in [7, 11) is 0. The molecule has 0 aliphatic rings. The molecule has 0 saturated heterocycles. The number of aryl methyl sites for hydroxylation is 1. The van der Waals surface area contributed by atoms with E-state index in [1.807, 2.05) is 35.8 Å². The highest BCUT2D eigenvalue weighted by Crippen LogP contribution is 2.28. The number of nitrogens with one attached hydrogen (secondary N) is 1. The molecule has 3 rings (SSSR count). The minimum absolute atomic E-state index is 0.142. The first-order valence-corrected chi connectivity index (χ1v) is 8.36. The van der Waals surface area contributed by atoms with E-state index in [1.54, 1.807) is 17.9 Å². The highest BCUT2D eigenvalue weighted by atomic mass is 19.4. The van der Waals surface area contributed by atoms with Crippen molar-refractivity contribution in [3.8, 4) is 11.4 Å². The van der Waals surface area contributed by atoms with Crippen LogP contribution in [0.5, 0.6) is 0 Å². The van der Waals surface area contributed by atoms with E-state index < -0.39 is 17.6 Å². The molecule has 1 aromatic carbocycles. The molecule has 0 atom stereocenters. The number of rotatable bonds is 5. The first kappa shape index (κ1) is 19.4. The largest absolute Gasteiger partial charge is 0.434 e. The van der Waals surface area contributed by atoms with Gasteiger partial charge in [-0.05, 0) is 30.2 Å². The van der Waals surface area contributed by atoms with Crippen molar-refractivity contribution in [2.24, 2.45) is 11.6 Å². The maximum atomic E-state index is 13.0. The molecule has 0 amide bonds. The number of halogens is 3. The number of imidazole rings is 1. The fourth-order valence-corrected chi connectivity index (χ4v) is 2.76. The summed E-state index contributed by atoms with van der Waals surface area (Å²) in [5.74, 6) is 5.00. The van der Waals surface area contributed by atoms with Crippen molar-refractivity contribution in [2.45, 2.75) is 19.6 Å². The van der Waals surface area contributed by atoms with E-state index >= 15 is 0 Å². The van der Waals surface area contributed by atoms with E-state index in [0.717, 1.165) is 11.1 Å². The second-order valence-electron chi connectivity index (χ2n) is 6.22. The Bertz CT molecular complexity index is 1010.